The zero-order valence-corrected chi connectivity index (χ0v) is 9.41. The van der Waals surface area contributed by atoms with E-state index in [0.29, 0.717) is 0 Å². The van der Waals surface area contributed by atoms with Crippen LogP contribution in [0.2, 0.25) is 0 Å². The first-order chi connectivity index (χ1) is 7.25. The lowest BCUT2D eigenvalue weighted by Gasteiger charge is -2.26. The van der Waals surface area contributed by atoms with Crippen LogP contribution in [0.25, 0.3) is 0 Å². The van der Waals surface area contributed by atoms with Gasteiger partial charge in [0.2, 0.25) is 0 Å². The number of H-pyrrole nitrogens is 1. The molecule has 1 N–H and O–H groups in total. The number of imidazole rings is 1. The maximum absolute atomic E-state index is 11.3. The second-order valence-electron chi connectivity index (χ2n) is 4.89. The molecule has 1 aromatic rings. The van der Waals surface area contributed by atoms with E-state index in [9.17, 15) is 4.79 Å². The molecule has 1 aromatic heterocycles. The summed E-state index contributed by atoms with van der Waals surface area (Å²) in [6.45, 7) is 3.22. The molecule has 2 atom stereocenters. The van der Waals surface area contributed by atoms with E-state index in [4.69, 9.17) is 0 Å². The molecule has 1 fully saturated rings. The number of aromatic amines is 1. The highest BCUT2D eigenvalue weighted by Crippen LogP contribution is 2.30. The van der Waals surface area contributed by atoms with Crippen LogP contribution in [-0.4, -0.2) is 9.55 Å². The predicted octanol–water partition coefficient (Wildman–Crippen LogP) is 2.39. The lowest BCUT2D eigenvalue weighted by atomic mass is 9.81. The van der Waals surface area contributed by atoms with E-state index >= 15 is 0 Å². The lowest BCUT2D eigenvalue weighted by Crippen LogP contribution is -2.20. The highest BCUT2D eigenvalue weighted by Gasteiger charge is 2.18. The molecule has 0 saturated heterocycles. The monoisotopic (exact) mass is 208 g/mol. The van der Waals surface area contributed by atoms with Gasteiger partial charge in [-0.2, -0.15) is 0 Å². The van der Waals surface area contributed by atoms with Crippen LogP contribution in [0.4, 0.5) is 0 Å². The van der Waals surface area contributed by atoms with Gasteiger partial charge in [-0.05, 0) is 24.7 Å². The normalized spacial score (nSPS) is 26.7. The molecule has 2 unspecified atom stereocenters. The van der Waals surface area contributed by atoms with Gasteiger partial charge in [0.05, 0.1) is 0 Å². The topological polar surface area (TPSA) is 37.8 Å². The van der Waals surface area contributed by atoms with E-state index in [2.05, 4.69) is 11.9 Å². The molecule has 0 spiro atoms. The summed E-state index contributed by atoms with van der Waals surface area (Å²) < 4.78 is 1.78. The Balaban J connectivity index is 1.83. The van der Waals surface area contributed by atoms with Gasteiger partial charge in [-0.25, -0.2) is 4.79 Å². The van der Waals surface area contributed by atoms with Crippen LogP contribution < -0.4 is 5.69 Å². The van der Waals surface area contributed by atoms with Crippen molar-refractivity contribution in [2.45, 2.75) is 45.6 Å². The van der Waals surface area contributed by atoms with Crippen molar-refractivity contribution >= 4 is 0 Å². The molecule has 1 aliphatic rings. The summed E-state index contributed by atoms with van der Waals surface area (Å²) >= 11 is 0. The van der Waals surface area contributed by atoms with Crippen molar-refractivity contribution in [3.8, 4) is 0 Å². The molecule has 0 bridgehead atoms. The number of nitrogens with zero attached hydrogens (tertiary/aromatic N) is 1. The van der Waals surface area contributed by atoms with Crippen molar-refractivity contribution in [2.24, 2.45) is 11.8 Å². The van der Waals surface area contributed by atoms with Crippen LogP contribution in [0, 0.1) is 11.8 Å². The lowest BCUT2D eigenvalue weighted by molar-refractivity contribution is 0.260. The zero-order chi connectivity index (χ0) is 10.7. The molecule has 15 heavy (non-hydrogen) atoms. The van der Waals surface area contributed by atoms with Gasteiger partial charge in [-0.1, -0.05) is 26.2 Å². The number of hydrogen-bond acceptors (Lipinski definition) is 1. The summed E-state index contributed by atoms with van der Waals surface area (Å²) in [6.07, 6.45) is 10.2. The van der Waals surface area contributed by atoms with Crippen LogP contribution in [0.5, 0.6) is 0 Å². The van der Waals surface area contributed by atoms with Crippen molar-refractivity contribution in [1.82, 2.24) is 9.55 Å². The fraction of sp³-hybridized carbons (Fsp3) is 0.750. The van der Waals surface area contributed by atoms with Gasteiger partial charge in [0, 0.05) is 18.9 Å². The van der Waals surface area contributed by atoms with Gasteiger partial charge in [-0.15, -0.1) is 0 Å². The van der Waals surface area contributed by atoms with Crippen LogP contribution >= 0.6 is 0 Å². The van der Waals surface area contributed by atoms with Gasteiger partial charge in [0.25, 0.3) is 0 Å². The molecule has 84 valence electrons. The fourth-order valence-corrected chi connectivity index (χ4v) is 2.67. The summed E-state index contributed by atoms with van der Waals surface area (Å²) in [6, 6.07) is 0. The Morgan fingerprint density at radius 2 is 2.40 bits per heavy atom. The molecule has 0 radical (unpaired) electrons. The first-order valence-electron chi connectivity index (χ1n) is 5.99. The van der Waals surface area contributed by atoms with Gasteiger partial charge in [-0.3, -0.25) is 4.57 Å². The van der Waals surface area contributed by atoms with Gasteiger partial charge < -0.3 is 4.98 Å². The minimum atomic E-state index is 0.0267. The Morgan fingerprint density at radius 1 is 1.53 bits per heavy atom. The Morgan fingerprint density at radius 3 is 3.07 bits per heavy atom. The van der Waals surface area contributed by atoms with Crippen LogP contribution in [0.1, 0.15) is 39.0 Å². The number of nitrogens with one attached hydrogen (secondary N) is 1. The zero-order valence-electron chi connectivity index (χ0n) is 9.41. The fourth-order valence-electron chi connectivity index (χ4n) is 2.67. The molecular weight excluding hydrogens is 188 g/mol. The highest BCUT2D eigenvalue weighted by molar-refractivity contribution is 4.77. The average molecular weight is 208 g/mol. The Labute approximate surface area is 90.5 Å². The van der Waals surface area contributed by atoms with Crippen LogP contribution in [-0.2, 0) is 6.54 Å². The molecule has 0 aromatic carbocycles. The molecule has 1 aliphatic carbocycles. The van der Waals surface area contributed by atoms with Crippen LogP contribution in [0.15, 0.2) is 17.2 Å². The summed E-state index contributed by atoms with van der Waals surface area (Å²) in [5.74, 6) is 1.71. The van der Waals surface area contributed by atoms with Gasteiger partial charge in [0.15, 0.2) is 0 Å². The summed E-state index contributed by atoms with van der Waals surface area (Å²) in [4.78, 5) is 13.9. The van der Waals surface area contributed by atoms with Crippen molar-refractivity contribution in [2.75, 3.05) is 0 Å². The Kier molecular flexibility index (Phi) is 3.29. The summed E-state index contributed by atoms with van der Waals surface area (Å²) in [7, 11) is 0. The molecule has 3 nitrogen and oxygen atoms in total. The average Bonchev–Trinajstić information content (AvgIpc) is 2.61. The van der Waals surface area contributed by atoms with E-state index in [1.165, 1.54) is 25.7 Å². The van der Waals surface area contributed by atoms with E-state index in [1.54, 1.807) is 10.8 Å². The predicted molar refractivity (Wildman–Crippen MR) is 60.8 cm³/mol. The maximum Gasteiger partial charge on any atom is 0.325 e. The molecule has 2 rings (SSSR count). The second-order valence-corrected chi connectivity index (χ2v) is 4.89. The largest absolute Gasteiger partial charge is 0.325 e. The van der Waals surface area contributed by atoms with Crippen molar-refractivity contribution in [3.63, 3.8) is 0 Å². The van der Waals surface area contributed by atoms with E-state index < -0.39 is 0 Å². The minimum Gasteiger partial charge on any atom is -0.313 e. The third-order valence-electron chi connectivity index (χ3n) is 3.55. The van der Waals surface area contributed by atoms with E-state index in [1.807, 2.05) is 6.20 Å². The minimum absolute atomic E-state index is 0.0267. The third kappa shape index (κ3) is 2.74. The number of hydrogen-bond donors (Lipinski definition) is 1. The molecule has 3 heteroatoms. The SMILES string of the molecule is CC1CCCC(CCn2cc[nH]c2=O)C1. The maximum atomic E-state index is 11.3. The molecule has 1 saturated carbocycles. The Bertz CT molecular complexity index is 353. The number of aryl methyl sites for hydroxylation is 1. The molecule has 0 amide bonds. The van der Waals surface area contributed by atoms with Crippen molar-refractivity contribution in [1.29, 1.82) is 0 Å². The van der Waals surface area contributed by atoms with Crippen molar-refractivity contribution in [3.05, 3.63) is 22.9 Å². The number of rotatable bonds is 3. The van der Waals surface area contributed by atoms with Gasteiger partial charge >= 0.3 is 5.69 Å². The summed E-state index contributed by atoms with van der Waals surface area (Å²) in [5, 5.41) is 0. The highest BCUT2D eigenvalue weighted by atomic mass is 16.1. The van der Waals surface area contributed by atoms with Gasteiger partial charge in [0.1, 0.15) is 0 Å². The van der Waals surface area contributed by atoms with E-state index in [-0.39, 0.29) is 5.69 Å². The first-order valence-corrected chi connectivity index (χ1v) is 5.99. The smallest absolute Gasteiger partial charge is 0.313 e. The third-order valence-corrected chi connectivity index (χ3v) is 3.55. The van der Waals surface area contributed by atoms with E-state index in [0.717, 1.165) is 24.8 Å². The molecular formula is C12H20N2O. The van der Waals surface area contributed by atoms with Crippen molar-refractivity contribution < 1.29 is 0 Å². The summed E-state index contributed by atoms with van der Waals surface area (Å²) in [5.41, 5.74) is 0.0267. The first kappa shape index (κ1) is 10.5. The molecule has 1 heterocycles. The second kappa shape index (κ2) is 4.69. The number of aromatic nitrogens is 2. The molecule has 0 aliphatic heterocycles. The standard InChI is InChI=1S/C12H20N2O/c1-10-3-2-4-11(9-10)5-7-14-8-6-13-12(14)15/h6,8,10-11H,2-5,7,9H2,1H3,(H,13,15). The van der Waals surface area contributed by atoms with Crippen LogP contribution in [0.3, 0.4) is 0 Å². The quantitative estimate of drug-likeness (QED) is 0.813. The Hall–Kier alpha value is -0.990.